The van der Waals surface area contributed by atoms with Crippen molar-refractivity contribution in [1.82, 2.24) is 0 Å². The van der Waals surface area contributed by atoms with Crippen LogP contribution in [-0.4, -0.2) is 0 Å². The lowest BCUT2D eigenvalue weighted by molar-refractivity contribution is -0.0216. The molecule has 0 spiro atoms. The van der Waals surface area contributed by atoms with Crippen LogP contribution >= 0.6 is 11.3 Å². The van der Waals surface area contributed by atoms with E-state index < -0.39 is 0 Å². The molecule has 2 heterocycles. The second kappa shape index (κ2) is 2.88. The molecule has 0 bridgehead atoms. The van der Waals surface area contributed by atoms with Gasteiger partial charge in [-0.1, -0.05) is 0 Å². The SMILES string of the molecule is N#Cc1ccc(C2OC=CO2)s1. The van der Waals surface area contributed by atoms with E-state index in [1.807, 2.05) is 6.07 Å². The number of hydrogen-bond acceptors (Lipinski definition) is 4. The number of nitrogens with zero attached hydrogens (tertiary/aromatic N) is 1. The molecule has 0 saturated carbocycles. The van der Waals surface area contributed by atoms with Crippen molar-refractivity contribution in [2.45, 2.75) is 6.29 Å². The molecule has 12 heavy (non-hydrogen) atoms. The number of hydrogen-bond donors (Lipinski definition) is 0. The molecule has 0 N–H and O–H groups in total. The molecule has 0 aliphatic carbocycles. The summed E-state index contributed by atoms with van der Waals surface area (Å²) in [7, 11) is 0. The Morgan fingerprint density at radius 2 is 2.08 bits per heavy atom. The Balaban J connectivity index is 2.19. The Labute approximate surface area is 73.5 Å². The number of rotatable bonds is 1. The van der Waals surface area contributed by atoms with Gasteiger partial charge >= 0.3 is 0 Å². The highest BCUT2D eigenvalue weighted by Crippen LogP contribution is 2.29. The van der Waals surface area contributed by atoms with Crippen LogP contribution in [0.15, 0.2) is 24.7 Å². The average molecular weight is 179 g/mol. The Hall–Kier alpha value is -1.47. The maximum atomic E-state index is 8.56. The van der Waals surface area contributed by atoms with Crippen molar-refractivity contribution < 1.29 is 9.47 Å². The van der Waals surface area contributed by atoms with Crippen LogP contribution in [0.25, 0.3) is 0 Å². The van der Waals surface area contributed by atoms with Crippen molar-refractivity contribution in [3.63, 3.8) is 0 Å². The topological polar surface area (TPSA) is 42.2 Å². The minimum atomic E-state index is -0.350. The Bertz CT molecular complexity index is 342. The van der Waals surface area contributed by atoms with Gasteiger partial charge in [-0.05, 0) is 12.1 Å². The summed E-state index contributed by atoms with van der Waals surface area (Å²) in [4.78, 5) is 1.58. The van der Waals surface area contributed by atoms with Gasteiger partial charge in [0.2, 0.25) is 0 Å². The second-order valence-corrected chi connectivity index (χ2v) is 3.31. The van der Waals surface area contributed by atoms with Crippen LogP contribution in [0.3, 0.4) is 0 Å². The van der Waals surface area contributed by atoms with E-state index in [1.165, 1.54) is 23.9 Å². The summed E-state index contributed by atoms with van der Waals surface area (Å²) < 4.78 is 10.2. The zero-order valence-electron chi connectivity index (χ0n) is 6.06. The number of nitriles is 1. The summed E-state index contributed by atoms with van der Waals surface area (Å²) in [5.74, 6) is 0. The second-order valence-electron chi connectivity index (χ2n) is 2.19. The molecule has 0 radical (unpaired) electrons. The van der Waals surface area contributed by atoms with Gasteiger partial charge in [-0.15, -0.1) is 11.3 Å². The highest BCUT2D eigenvalue weighted by molar-refractivity contribution is 7.12. The van der Waals surface area contributed by atoms with Gasteiger partial charge in [0.25, 0.3) is 6.29 Å². The Kier molecular flexibility index (Phi) is 1.72. The monoisotopic (exact) mass is 179 g/mol. The minimum absolute atomic E-state index is 0.350. The van der Waals surface area contributed by atoms with Crippen LogP contribution < -0.4 is 0 Å². The summed E-state index contributed by atoms with van der Waals surface area (Å²) in [5.41, 5.74) is 0. The summed E-state index contributed by atoms with van der Waals surface area (Å²) >= 11 is 1.38. The zero-order chi connectivity index (χ0) is 8.39. The molecule has 0 amide bonds. The first-order valence-corrected chi connectivity index (χ1v) is 4.17. The van der Waals surface area contributed by atoms with E-state index in [4.69, 9.17) is 14.7 Å². The van der Waals surface area contributed by atoms with E-state index in [-0.39, 0.29) is 6.29 Å². The maximum Gasteiger partial charge on any atom is 0.275 e. The Morgan fingerprint density at radius 1 is 1.33 bits per heavy atom. The van der Waals surface area contributed by atoms with E-state index in [0.29, 0.717) is 4.88 Å². The van der Waals surface area contributed by atoms with E-state index in [9.17, 15) is 0 Å². The minimum Gasteiger partial charge on any atom is -0.454 e. The summed E-state index contributed by atoms with van der Waals surface area (Å²) in [6.07, 6.45) is 2.64. The van der Waals surface area contributed by atoms with E-state index in [2.05, 4.69) is 6.07 Å². The van der Waals surface area contributed by atoms with Gasteiger partial charge in [-0.2, -0.15) is 5.26 Å². The van der Waals surface area contributed by atoms with Crippen LogP contribution in [0.5, 0.6) is 0 Å². The van der Waals surface area contributed by atoms with Gasteiger partial charge in [0, 0.05) is 0 Å². The molecule has 1 aliphatic heterocycles. The number of ether oxygens (including phenoxy) is 2. The maximum absolute atomic E-state index is 8.56. The van der Waals surface area contributed by atoms with Crippen molar-refractivity contribution in [3.05, 3.63) is 34.4 Å². The highest BCUT2D eigenvalue weighted by Gasteiger charge is 2.17. The normalized spacial score (nSPS) is 15.2. The van der Waals surface area contributed by atoms with E-state index in [1.54, 1.807) is 6.07 Å². The van der Waals surface area contributed by atoms with Crippen LogP contribution in [0.4, 0.5) is 0 Å². The molecule has 1 aromatic rings. The molecule has 0 aromatic carbocycles. The summed E-state index contributed by atoms with van der Waals surface area (Å²) in [6.45, 7) is 0. The fraction of sp³-hybridized carbons (Fsp3) is 0.125. The van der Waals surface area contributed by atoms with Crippen molar-refractivity contribution in [3.8, 4) is 6.07 Å². The molecule has 2 rings (SSSR count). The van der Waals surface area contributed by atoms with Crippen molar-refractivity contribution in [2.75, 3.05) is 0 Å². The lowest BCUT2D eigenvalue weighted by Gasteiger charge is -2.05. The molecule has 0 fully saturated rings. The first kappa shape index (κ1) is 7.19. The molecule has 0 unspecified atom stereocenters. The fourth-order valence-corrected chi connectivity index (χ4v) is 1.69. The van der Waals surface area contributed by atoms with E-state index >= 15 is 0 Å². The van der Waals surface area contributed by atoms with E-state index in [0.717, 1.165) is 4.88 Å². The molecule has 0 saturated heterocycles. The summed E-state index contributed by atoms with van der Waals surface area (Å²) in [6, 6.07) is 5.65. The van der Waals surface area contributed by atoms with Crippen molar-refractivity contribution >= 4 is 11.3 Å². The van der Waals surface area contributed by atoms with Gasteiger partial charge in [0.05, 0.1) is 4.88 Å². The predicted octanol–water partition coefficient (Wildman–Crippen LogP) is 2.14. The first-order valence-electron chi connectivity index (χ1n) is 3.36. The standard InChI is InChI=1S/C8H5NO2S/c9-5-6-1-2-7(12-6)8-10-3-4-11-8/h1-4,8H. The zero-order valence-corrected chi connectivity index (χ0v) is 6.88. The largest absolute Gasteiger partial charge is 0.454 e. The van der Waals surface area contributed by atoms with Crippen LogP contribution in [0, 0.1) is 11.3 Å². The highest BCUT2D eigenvalue weighted by atomic mass is 32.1. The van der Waals surface area contributed by atoms with Gasteiger partial charge in [-0.3, -0.25) is 0 Å². The lowest BCUT2D eigenvalue weighted by Crippen LogP contribution is -1.92. The average Bonchev–Trinajstić information content (AvgIpc) is 2.75. The van der Waals surface area contributed by atoms with Gasteiger partial charge in [0.1, 0.15) is 23.5 Å². The molecule has 4 heteroatoms. The third-order valence-electron chi connectivity index (χ3n) is 1.43. The third kappa shape index (κ3) is 1.15. The molecular formula is C8H5NO2S. The quantitative estimate of drug-likeness (QED) is 0.663. The van der Waals surface area contributed by atoms with Crippen LogP contribution in [-0.2, 0) is 9.47 Å². The van der Waals surface area contributed by atoms with Crippen molar-refractivity contribution in [2.24, 2.45) is 0 Å². The Morgan fingerprint density at radius 3 is 2.67 bits per heavy atom. The molecule has 0 atom stereocenters. The fourth-order valence-electron chi connectivity index (χ4n) is 0.913. The predicted molar refractivity (Wildman–Crippen MR) is 43.1 cm³/mol. The van der Waals surface area contributed by atoms with Gasteiger partial charge in [-0.25, -0.2) is 0 Å². The molecule has 1 aliphatic rings. The molecule has 1 aromatic heterocycles. The summed E-state index contributed by atoms with van der Waals surface area (Å²) in [5, 5.41) is 8.56. The van der Waals surface area contributed by atoms with Crippen molar-refractivity contribution in [1.29, 1.82) is 5.26 Å². The third-order valence-corrected chi connectivity index (χ3v) is 2.44. The first-order chi connectivity index (χ1) is 5.90. The van der Waals surface area contributed by atoms with Crippen LogP contribution in [0.1, 0.15) is 16.0 Å². The smallest absolute Gasteiger partial charge is 0.275 e. The lowest BCUT2D eigenvalue weighted by atomic mass is 10.4. The van der Waals surface area contributed by atoms with Gasteiger partial charge < -0.3 is 9.47 Å². The molecular weight excluding hydrogens is 174 g/mol. The molecule has 60 valence electrons. The van der Waals surface area contributed by atoms with Crippen LogP contribution in [0.2, 0.25) is 0 Å². The van der Waals surface area contributed by atoms with Gasteiger partial charge in [0.15, 0.2) is 0 Å². The number of thiophene rings is 1. The molecule has 3 nitrogen and oxygen atoms in total.